The van der Waals surface area contributed by atoms with Crippen LogP contribution in [0, 0.1) is 0 Å². The maximum Gasteiger partial charge on any atom is 0.145 e. The zero-order chi connectivity index (χ0) is 15.0. The molecule has 1 unspecified atom stereocenters. The van der Waals surface area contributed by atoms with Gasteiger partial charge in [0, 0.05) is 5.56 Å². The molecule has 0 heterocycles. The normalized spacial score (nSPS) is 12.2. The summed E-state index contributed by atoms with van der Waals surface area (Å²) in [7, 11) is 3.20. The third-order valence-corrected chi connectivity index (χ3v) is 4.23. The van der Waals surface area contributed by atoms with Gasteiger partial charge in [-0.3, -0.25) is 0 Å². The summed E-state index contributed by atoms with van der Waals surface area (Å²) in [4.78, 5) is 0. The summed E-state index contributed by atoms with van der Waals surface area (Å²) in [6.45, 7) is 2.22. The van der Waals surface area contributed by atoms with Crippen molar-refractivity contribution in [2.45, 2.75) is 50.8 Å². The predicted octanol–water partition coefficient (Wildman–Crippen LogP) is 6.00. The Morgan fingerprint density at radius 2 is 1.75 bits per heavy atom. The fraction of sp³-hybridized carbons (Fsp3) is 0.625. The summed E-state index contributed by atoms with van der Waals surface area (Å²) >= 11 is 12.7. The Kier molecular flexibility index (Phi) is 8.16. The van der Waals surface area contributed by atoms with Crippen LogP contribution in [0.4, 0.5) is 0 Å². The van der Waals surface area contributed by atoms with Gasteiger partial charge >= 0.3 is 0 Å². The number of unbranched alkanes of at least 4 members (excludes halogenated alkanes) is 4. The van der Waals surface area contributed by atoms with Gasteiger partial charge in [-0.05, 0) is 12.5 Å². The number of alkyl halides is 1. The number of ether oxygens (including phenoxy) is 2. The van der Waals surface area contributed by atoms with Crippen molar-refractivity contribution in [3.63, 3.8) is 0 Å². The maximum absolute atomic E-state index is 6.49. The van der Waals surface area contributed by atoms with Crippen molar-refractivity contribution in [2.24, 2.45) is 0 Å². The average Bonchev–Trinajstić information content (AvgIpc) is 2.46. The first-order chi connectivity index (χ1) is 9.65. The molecule has 0 amide bonds. The first-order valence-electron chi connectivity index (χ1n) is 7.20. The molecule has 2 nitrogen and oxygen atoms in total. The van der Waals surface area contributed by atoms with E-state index >= 15 is 0 Å². The molecule has 114 valence electrons. The first kappa shape index (κ1) is 17.5. The molecule has 0 aliphatic rings. The average molecular weight is 319 g/mol. The molecule has 20 heavy (non-hydrogen) atoms. The van der Waals surface area contributed by atoms with Crippen LogP contribution in [0.15, 0.2) is 12.1 Å². The van der Waals surface area contributed by atoms with Gasteiger partial charge in [0.05, 0.1) is 19.6 Å². The van der Waals surface area contributed by atoms with Gasteiger partial charge in [0.2, 0.25) is 0 Å². The van der Waals surface area contributed by atoms with Gasteiger partial charge in [0.1, 0.15) is 16.5 Å². The van der Waals surface area contributed by atoms with E-state index in [-0.39, 0.29) is 5.38 Å². The molecule has 1 aromatic carbocycles. The third-order valence-electron chi connectivity index (χ3n) is 3.41. The van der Waals surface area contributed by atoms with Crippen LogP contribution >= 0.6 is 23.2 Å². The first-order valence-corrected chi connectivity index (χ1v) is 8.01. The minimum atomic E-state index is -0.0741. The van der Waals surface area contributed by atoms with Crippen LogP contribution in [0.2, 0.25) is 5.02 Å². The maximum atomic E-state index is 6.49. The van der Waals surface area contributed by atoms with Crippen molar-refractivity contribution in [3.8, 4) is 11.5 Å². The Morgan fingerprint density at radius 3 is 2.35 bits per heavy atom. The van der Waals surface area contributed by atoms with Crippen molar-refractivity contribution >= 4 is 23.2 Å². The molecule has 0 spiro atoms. The molecule has 0 aliphatic heterocycles. The second-order valence-electron chi connectivity index (χ2n) is 4.87. The highest BCUT2D eigenvalue weighted by atomic mass is 35.5. The SMILES string of the molecule is CCCCCCCC(Cl)c1ccc(OC)c(Cl)c1OC. The molecule has 0 aromatic heterocycles. The second kappa shape index (κ2) is 9.36. The molecule has 1 aromatic rings. The molecular weight excluding hydrogens is 295 g/mol. The molecule has 1 rings (SSSR count). The van der Waals surface area contributed by atoms with Gasteiger partial charge in [-0.1, -0.05) is 56.7 Å². The number of hydrogen-bond acceptors (Lipinski definition) is 2. The Morgan fingerprint density at radius 1 is 1.05 bits per heavy atom. The molecule has 0 bridgehead atoms. The lowest BCUT2D eigenvalue weighted by atomic mass is 10.0. The highest BCUT2D eigenvalue weighted by molar-refractivity contribution is 6.34. The van der Waals surface area contributed by atoms with Gasteiger partial charge in [-0.25, -0.2) is 0 Å². The minimum absolute atomic E-state index is 0.0741. The molecular formula is C16H24Cl2O2. The molecule has 0 radical (unpaired) electrons. The Bertz CT molecular complexity index is 408. The van der Waals surface area contributed by atoms with Gasteiger partial charge in [0.15, 0.2) is 0 Å². The third kappa shape index (κ3) is 4.75. The fourth-order valence-electron chi connectivity index (χ4n) is 2.25. The van der Waals surface area contributed by atoms with Crippen LogP contribution in [0.3, 0.4) is 0 Å². The zero-order valence-electron chi connectivity index (χ0n) is 12.5. The molecule has 4 heteroatoms. The summed E-state index contributed by atoms with van der Waals surface area (Å²) in [6.07, 6.45) is 7.12. The van der Waals surface area contributed by atoms with Crippen molar-refractivity contribution in [1.82, 2.24) is 0 Å². The lowest BCUT2D eigenvalue weighted by molar-refractivity contribution is 0.390. The summed E-state index contributed by atoms with van der Waals surface area (Å²) in [5.74, 6) is 1.23. The zero-order valence-corrected chi connectivity index (χ0v) is 14.1. The van der Waals surface area contributed by atoms with Crippen molar-refractivity contribution < 1.29 is 9.47 Å². The topological polar surface area (TPSA) is 18.5 Å². The monoisotopic (exact) mass is 318 g/mol. The van der Waals surface area contributed by atoms with E-state index in [1.54, 1.807) is 14.2 Å². The molecule has 0 saturated heterocycles. The smallest absolute Gasteiger partial charge is 0.145 e. The van der Waals surface area contributed by atoms with E-state index in [1.165, 1.54) is 25.7 Å². The highest BCUT2D eigenvalue weighted by Crippen LogP contribution is 2.42. The van der Waals surface area contributed by atoms with Crippen LogP contribution in [0.1, 0.15) is 56.4 Å². The molecule has 1 atom stereocenters. The summed E-state index contributed by atoms with van der Waals surface area (Å²) in [5.41, 5.74) is 0.940. The number of benzene rings is 1. The fourth-order valence-corrected chi connectivity index (χ4v) is 2.90. The van der Waals surface area contributed by atoms with E-state index in [1.807, 2.05) is 12.1 Å². The Labute approximate surface area is 132 Å². The molecule has 0 saturated carbocycles. The van der Waals surface area contributed by atoms with Gasteiger partial charge < -0.3 is 9.47 Å². The summed E-state index contributed by atoms with van der Waals surface area (Å²) in [5, 5.41) is 0.416. The quantitative estimate of drug-likeness (QED) is 0.410. The highest BCUT2D eigenvalue weighted by Gasteiger charge is 2.18. The van der Waals surface area contributed by atoms with Gasteiger partial charge in [-0.15, -0.1) is 11.6 Å². The van der Waals surface area contributed by atoms with Crippen LogP contribution < -0.4 is 9.47 Å². The van der Waals surface area contributed by atoms with Gasteiger partial charge in [-0.2, -0.15) is 0 Å². The van der Waals surface area contributed by atoms with Crippen molar-refractivity contribution in [2.75, 3.05) is 14.2 Å². The largest absolute Gasteiger partial charge is 0.495 e. The summed E-state index contributed by atoms with van der Waals surface area (Å²) in [6, 6.07) is 3.78. The van der Waals surface area contributed by atoms with Gasteiger partial charge in [0.25, 0.3) is 0 Å². The lowest BCUT2D eigenvalue weighted by Crippen LogP contribution is -1.98. The number of rotatable bonds is 9. The number of methoxy groups -OCH3 is 2. The second-order valence-corrected chi connectivity index (χ2v) is 5.78. The van der Waals surface area contributed by atoms with E-state index < -0.39 is 0 Å². The summed E-state index contributed by atoms with van der Waals surface area (Å²) < 4.78 is 10.6. The number of halogens is 2. The van der Waals surface area contributed by atoms with Crippen LogP contribution in [0.5, 0.6) is 11.5 Å². The van der Waals surface area contributed by atoms with E-state index in [4.69, 9.17) is 32.7 Å². The Balaban J connectivity index is 2.67. The molecule has 0 fully saturated rings. The van der Waals surface area contributed by atoms with Crippen molar-refractivity contribution in [3.05, 3.63) is 22.7 Å². The van der Waals surface area contributed by atoms with E-state index in [9.17, 15) is 0 Å². The predicted molar refractivity (Wildman–Crippen MR) is 86.5 cm³/mol. The van der Waals surface area contributed by atoms with E-state index in [0.717, 1.165) is 18.4 Å². The van der Waals surface area contributed by atoms with Crippen molar-refractivity contribution in [1.29, 1.82) is 0 Å². The van der Waals surface area contributed by atoms with E-state index in [0.29, 0.717) is 16.5 Å². The number of hydrogen-bond donors (Lipinski definition) is 0. The van der Waals surface area contributed by atoms with E-state index in [2.05, 4.69) is 6.92 Å². The standard InChI is InChI=1S/C16H24Cl2O2/c1-4-5-6-7-8-9-13(17)12-10-11-14(19-2)15(18)16(12)20-3/h10-11,13H,4-9H2,1-3H3. The minimum Gasteiger partial charge on any atom is -0.495 e. The van der Waals surface area contributed by atoms with Crippen LogP contribution in [-0.4, -0.2) is 14.2 Å². The Hall–Kier alpha value is -0.600. The molecule has 0 aliphatic carbocycles. The van der Waals surface area contributed by atoms with Crippen LogP contribution in [0.25, 0.3) is 0 Å². The van der Waals surface area contributed by atoms with Crippen LogP contribution in [-0.2, 0) is 0 Å². The lowest BCUT2D eigenvalue weighted by Gasteiger charge is -2.17. The molecule has 0 N–H and O–H groups in total.